The molecule has 124 valence electrons. The van der Waals surface area contributed by atoms with E-state index >= 15 is 0 Å². The lowest BCUT2D eigenvalue weighted by molar-refractivity contribution is 0.318. The molecule has 1 fully saturated rings. The molecule has 1 heterocycles. The molecule has 0 spiro atoms. The number of piperazine rings is 1. The fraction of sp³-hybridized carbons (Fsp3) is 0.333. The van der Waals surface area contributed by atoms with E-state index < -0.39 is 0 Å². The average molecular weight is 355 g/mol. The molecule has 0 bridgehead atoms. The van der Waals surface area contributed by atoms with Crippen LogP contribution in [0, 0.1) is 0 Å². The van der Waals surface area contributed by atoms with E-state index in [4.69, 9.17) is 34.7 Å². The van der Waals surface area contributed by atoms with Gasteiger partial charge in [-0.15, -0.1) is 0 Å². The van der Waals surface area contributed by atoms with E-state index in [0.717, 1.165) is 37.6 Å². The average Bonchev–Trinajstić information content (AvgIpc) is 2.56. The van der Waals surface area contributed by atoms with Crippen LogP contribution in [-0.2, 0) is 0 Å². The van der Waals surface area contributed by atoms with Crippen LogP contribution in [0.4, 0.5) is 5.69 Å². The third kappa shape index (κ3) is 4.30. The van der Waals surface area contributed by atoms with E-state index in [1.807, 2.05) is 25.1 Å². The van der Waals surface area contributed by atoms with Gasteiger partial charge in [-0.1, -0.05) is 23.2 Å². The minimum Gasteiger partial charge on any atom is -0.382 e. The Morgan fingerprint density at radius 2 is 1.78 bits per heavy atom. The molecule has 0 atom stereocenters. The van der Waals surface area contributed by atoms with Crippen molar-refractivity contribution in [1.29, 1.82) is 0 Å². The smallest absolute Gasteiger partial charge is 0.221 e. The van der Waals surface area contributed by atoms with Crippen LogP contribution in [0.1, 0.15) is 6.92 Å². The van der Waals surface area contributed by atoms with Crippen molar-refractivity contribution in [1.82, 2.24) is 4.90 Å². The summed E-state index contributed by atoms with van der Waals surface area (Å²) in [5, 5.41) is 1.13. The summed E-state index contributed by atoms with van der Waals surface area (Å²) in [5.74, 6) is 0.425. The highest BCUT2D eigenvalue weighted by molar-refractivity contribution is 6.42. The van der Waals surface area contributed by atoms with Crippen LogP contribution in [0.25, 0.3) is 0 Å². The molecule has 4 N–H and O–H groups in total. The Bertz CT molecular complexity index is 647. The largest absolute Gasteiger partial charge is 0.382 e. The van der Waals surface area contributed by atoms with Crippen molar-refractivity contribution < 1.29 is 0 Å². The van der Waals surface area contributed by atoms with Gasteiger partial charge in [0, 0.05) is 31.9 Å². The number of hydrogen-bond acceptors (Lipinski definition) is 4. The summed E-state index contributed by atoms with van der Waals surface area (Å²) in [4.78, 5) is 12.0. The normalized spacial score (nSPS) is 17.1. The number of rotatable bonds is 3. The van der Waals surface area contributed by atoms with Gasteiger partial charge in [0.05, 0.1) is 15.7 Å². The summed E-state index contributed by atoms with van der Waals surface area (Å²) in [7, 11) is 0. The van der Waals surface area contributed by atoms with Crippen LogP contribution in [0.5, 0.6) is 0 Å². The zero-order valence-electron chi connectivity index (χ0n) is 13.0. The first-order valence-electron chi connectivity index (χ1n) is 7.14. The number of guanidine groups is 1. The van der Waals surface area contributed by atoms with E-state index in [9.17, 15) is 0 Å². The lowest BCUT2D eigenvalue weighted by Gasteiger charge is -2.38. The number of anilines is 1. The molecular weight excluding hydrogens is 335 g/mol. The van der Waals surface area contributed by atoms with Crippen molar-refractivity contribution in [3.8, 4) is 0 Å². The van der Waals surface area contributed by atoms with Gasteiger partial charge in [-0.05, 0) is 31.8 Å². The molecule has 0 amide bonds. The number of benzene rings is 1. The van der Waals surface area contributed by atoms with Crippen LogP contribution in [-0.4, -0.2) is 43.8 Å². The minimum absolute atomic E-state index is 0.0660. The van der Waals surface area contributed by atoms with Crippen LogP contribution in [0.15, 0.2) is 39.7 Å². The quantitative estimate of drug-likeness (QED) is 0.644. The molecule has 0 aliphatic carbocycles. The number of hydrogen-bond donors (Lipinski definition) is 2. The summed E-state index contributed by atoms with van der Waals surface area (Å²) in [5.41, 5.74) is 13.4. The van der Waals surface area contributed by atoms with Crippen LogP contribution in [0.2, 0.25) is 10.0 Å². The van der Waals surface area contributed by atoms with Crippen LogP contribution < -0.4 is 16.4 Å². The first-order chi connectivity index (χ1) is 10.9. The minimum atomic E-state index is 0.0660. The van der Waals surface area contributed by atoms with Gasteiger partial charge in [-0.2, -0.15) is 4.99 Å². The van der Waals surface area contributed by atoms with E-state index in [2.05, 4.69) is 26.5 Å². The first kappa shape index (κ1) is 17.4. The van der Waals surface area contributed by atoms with Crippen molar-refractivity contribution in [3.05, 3.63) is 39.8 Å². The number of allylic oxidation sites excluding steroid dienone is 1. The summed E-state index contributed by atoms with van der Waals surface area (Å²) in [6, 6.07) is 5.67. The lowest BCUT2D eigenvalue weighted by atomic mass is 10.2. The maximum absolute atomic E-state index is 6.08. The molecule has 1 aliphatic heterocycles. The number of nitrogens with zero attached hydrogens (tertiary/aromatic N) is 4. The van der Waals surface area contributed by atoms with Gasteiger partial charge in [0.1, 0.15) is 5.82 Å². The van der Waals surface area contributed by atoms with Gasteiger partial charge in [0.15, 0.2) is 0 Å². The fourth-order valence-corrected chi connectivity index (χ4v) is 2.68. The molecule has 0 unspecified atom stereocenters. The Morgan fingerprint density at radius 3 is 2.35 bits per heavy atom. The molecule has 1 aromatic rings. The van der Waals surface area contributed by atoms with E-state index in [0.29, 0.717) is 15.9 Å². The summed E-state index contributed by atoms with van der Waals surface area (Å²) >= 11 is 12.0. The lowest BCUT2D eigenvalue weighted by Crippen LogP contribution is -2.46. The molecule has 1 saturated heterocycles. The van der Waals surface area contributed by atoms with E-state index in [1.54, 1.807) is 0 Å². The fourth-order valence-electron chi connectivity index (χ4n) is 2.38. The van der Waals surface area contributed by atoms with Gasteiger partial charge in [0.2, 0.25) is 5.96 Å². The molecule has 6 nitrogen and oxygen atoms in total. The molecule has 2 rings (SSSR count). The summed E-state index contributed by atoms with van der Waals surface area (Å²) in [6.45, 7) is 8.58. The van der Waals surface area contributed by atoms with Gasteiger partial charge in [-0.3, -0.25) is 0 Å². The molecule has 0 radical (unpaired) electrons. The Labute approximate surface area is 146 Å². The second-order valence-corrected chi connectivity index (χ2v) is 5.99. The van der Waals surface area contributed by atoms with Gasteiger partial charge in [0.25, 0.3) is 0 Å². The van der Waals surface area contributed by atoms with Crippen LogP contribution >= 0.6 is 23.2 Å². The molecule has 0 aromatic heterocycles. The maximum atomic E-state index is 6.08. The Hall–Kier alpha value is -1.92. The maximum Gasteiger partial charge on any atom is 0.221 e. The summed E-state index contributed by atoms with van der Waals surface area (Å²) in [6.07, 6.45) is 0. The van der Waals surface area contributed by atoms with Gasteiger partial charge in [-0.25, -0.2) is 4.99 Å². The SMILES string of the molecule is C=NC(N)=N/C(N)=C(\C)N1CCN(c2ccc(Cl)c(Cl)c2)CC1. The molecular formula is C15H20Cl2N6. The van der Waals surface area contributed by atoms with Crippen molar-refractivity contribution >= 4 is 41.6 Å². The van der Waals surface area contributed by atoms with Crippen molar-refractivity contribution in [3.63, 3.8) is 0 Å². The van der Waals surface area contributed by atoms with E-state index in [-0.39, 0.29) is 5.96 Å². The first-order valence-corrected chi connectivity index (χ1v) is 7.90. The Morgan fingerprint density at radius 1 is 1.13 bits per heavy atom. The van der Waals surface area contributed by atoms with Crippen molar-refractivity contribution in [2.45, 2.75) is 6.92 Å². The zero-order valence-corrected chi connectivity index (χ0v) is 14.5. The van der Waals surface area contributed by atoms with Gasteiger partial charge < -0.3 is 21.3 Å². The second kappa shape index (κ2) is 7.57. The topological polar surface area (TPSA) is 83.2 Å². The standard InChI is InChI=1S/C15H20Cl2N6/c1-10(14(18)21-15(19)20-2)22-5-7-23(8-6-22)11-3-4-12(16)13(17)9-11/h3-4,9H,2,5-8,18H2,1H3,(H2,19,21)/b14-10+. The van der Waals surface area contributed by atoms with Crippen LogP contribution in [0.3, 0.4) is 0 Å². The third-order valence-corrected chi connectivity index (χ3v) is 4.53. The van der Waals surface area contributed by atoms with Gasteiger partial charge >= 0.3 is 0 Å². The van der Waals surface area contributed by atoms with Crippen molar-refractivity contribution in [2.24, 2.45) is 21.5 Å². The molecule has 1 aliphatic rings. The predicted molar refractivity (Wildman–Crippen MR) is 98.3 cm³/mol. The monoisotopic (exact) mass is 354 g/mol. The number of halogens is 2. The molecule has 23 heavy (non-hydrogen) atoms. The number of aliphatic imine (C=N–C) groups is 2. The number of nitrogens with two attached hydrogens (primary N) is 2. The molecule has 1 aromatic carbocycles. The van der Waals surface area contributed by atoms with Crippen molar-refractivity contribution in [2.75, 3.05) is 31.1 Å². The highest BCUT2D eigenvalue weighted by Crippen LogP contribution is 2.28. The molecule has 0 saturated carbocycles. The predicted octanol–water partition coefficient (Wildman–Crippen LogP) is 2.28. The van der Waals surface area contributed by atoms with E-state index in [1.165, 1.54) is 0 Å². The third-order valence-electron chi connectivity index (χ3n) is 3.79. The Kier molecular flexibility index (Phi) is 5.74. The highest BCUT2D eigenvalue weighted by Gasteiger charge is 2.19. The highest BCUT2D eigenvalue weighted by atomic mass is 35.5. The second-order valence-electron chi connectivity index (χ2n) is 5.17. The zero-order chi connectivity index (χ0) is 17.0. The molecule has 8 heteroatoms. The Balaban J connectivity index is 2.04. The summed E-state index contributed by atoms with van der Waals surface area (Å²) < 4.78 is 0.